The molecule has 0 spiro atoms. The van der Waals surface area contributed by atoms with Crippen LogP contribution in [0.15, 0.2) is 23.3 Å². The van der Waals surface area contributed by atoms with Gasteiger partial charge in [0, 0.05) is 18.6 Å². The Balaban J connectivity index is 1.06. The molecule has 5 nitrogen and oxygen atoms in total. The fraction of sp³-hybridized carbons (Fsp3) is 0.875. The summed E-state index contributed by atoms with van der Waals surface area (Å²) in [6.45, 7) is 13.7. The van der Waals surface area contributed by atoms with Crippen molar-refractivity contribution in [2.75, 3.05) is 25.9 Å². The molecule has 0 bridgehead atoms. The third-order valence-electron chi connectivity index (χ3n) is 16.7. The van der Waals surface area contributed by atoms with E-state index in [2.05, 4.69) is 55.7 Å². The molecule has 5 fully saturated rings. The SMILES string of the molecule is CSN1CCC(O)(CCNC23CCCC2C2CCC4C5(C)CC=C(C6=CCC(C(=O)O)CC6)C(C)C5CCC4(C)[C@]2(C)CC3)CC1. The molecule has 1 saturated heterocycles. The maximum Gasteiger partial charge on any atom is 0.306 e. The number of carboxylic acids is 1. The molecule has 4 saturated carbocycles. The number of aliphatic hydroxyl groups is 1. The van der Waals surface area contributed by atoms with Gasteiger partial charge in [-0.1, -0.05) is 58.2 Å². The fourth-order valence-corrected chi connectivity index (χ4v) is 14.3. The van der Waals surface area contributed by atoms with E-state index in [0.717, 1.165) is 75.4 Å². The topological polar surface area (TPSA) is 72.8 Å². The molecule has 46 heavy (non-hydrogen) atoms. The maximum absolute atomic E-state index is 11.6. The minimum absolute atomic E-state index is 0.196. The van der Waals surface area contributed by atoms with Crippen molar-refractivity contribution in [3.8, 4) is 0 Å². The highest BCUT2D eigenvalue weighted by Crippen LogP contribution is 2.75. The van der Waals surface area contributed by atoms with Gasteiger partial charge in [0.25, 0.3) is 0 Å². The third kappa shape index (κ3) is 5.23. The molecule has 6 aliphatic carbocycles. The quantitative estimate of drug-likeness (QED) is 0.239. The summed E-state index contributed by atoms with van der Waals surface area (Å²) in [4.78, 5) is 11.6. The first-order chi connectivity index (χ1) is 21.9. The van der Waals surface area contributed by atoms with Crippen LogP contribution in [0.2, 0.25) is 0 Å². The molecule has 1 heterocycles. The van der Waals surface area contributed by atoms with E-state index in [1.165, 1.54) is 69.8 Å². The molecule has 10 atom stereocenters. The lowest BCUT2D eigenvalue weighted by atomic mass is 9.34. The zero-order valence-electron chi connectivity index (χ0n) is 29.7. The first-order valence-electron chi connectivity index (χ1n) is 19.3. The van der Waals surface area contributed by atoms with Crippen molar-refractivity contribution in [2.45, 2.75) is 142 Å². The van der Waals surface area contributed by atoms with Crippen molar-refractivity contribution in [2.24, 2.45) is 51.8 Å². The van der Waals surface area contributed by atoms with Gasteiger partial charge in [0.2, 0.25) is 0 Å². The van der Waals surface area contributed by atoms with E-state index in [1.807, 2.05) is 11.9 Å². The van der Waals surface area contributed by atoms with Crippen LogP contribution in [0, 0.1) is 51.8 Å². The highest BCUT2D eigenvalue weighted by atomic mass is 32.2. The molecule has 7 rings (SSSR count). The Hall–Kier alpha value is -0.820. The van der Waals surface area contributed by atoms with Gasteiger partial charge in [0.15, 0.2) is 0 Å². The van der Waals surface area contributed by atoms with Crippen molar-refractivity contribution >= 4 is 17.9 Å². The summed E-state index contributed by atoms with van der Waals surface area (Å²) in [5, 5.41) is 25.1. The predicted octanol–water partition coefficient (Wildman–Crippen LogP) is 8.64. The van der Waals surface area contributed by atoms with Crippen molar-refractivity contribution < 1.29 is 15.0 Å². The average Bonchev–Trinajstić information content (AvgIpc) is 3.46. The number of nitrogens with zero attached hydrogens (tertiary/aromatic N) is 1. The molecule has 0 aromatic rings. The highest BCUT2D eigenvalue weighted by Gasteiger charge is 2.68. The molecule has 3 N–H and O–H groups in total. The van der Waals surface area contributed by atoms with Crippen LogP contribution in [0.25, 0.3) is 0 Å². The van der Waals surface area contributed by atoms with Crippen LogP contribution in [0.3, 0.4) is 0 Å². The van der Waals surface area contributed by atoms with Crippen LogP contribution in [0.4, 0.5) is 0 Å². The summed E-state index contributed by atoms with van der Waals surface area (Å²) in [5.74, 6) is 2.85. The monoisotopic (exact) mass is 652 g/mol. The molecule has 0 radical (unpaired) electrons. The van der Waals surface area contributed by atoms with Crippen LogP contribution >= 0.6 is 11.9 Å². The minimum Gasteiger partial charge on any atom is -0.481 e. The Labute approximate surface area is 284 Å². The normalized spacial score (nSPS) is 47.1. The summed E-state index contributed by atoms with van der Waals surface area (Å²) in [5.41, 5.74) is 3.96. The Morgan fingerprint density at radius 1 is 0.935 bits per heavy atom. The number of allylic oxidation sites excluding steroid dienone is 4. The molecule has 9 unspecified atom stereocenters. The molecular weight excluding hydrogens is 589 g/mol. The molecule has 258 valence electrons. The van der Waals surface area contributed by atoms with E-state index in [-0.39, 0.29) is 11.5 Å². The van der Waals surface area contributed by atoms with E-state index < -0.39 is 11.6 Å². The number of carboxylic acid groups (broad SMARTS) is 1. The zero-order valence-corrected chi connectivity index (χ0v) is 30.5. The van der Waals surface area contributed by atoms with E-state index in [4.69, 9.17) is 0 Å². The lowest BCUT2D eigenvalue weighted by Crippen LogP contribution is -2.67. The van der Waals surface area contributed by atoms with Gasteiger partial charge >= 0.3 is 5.97 Å². The molecule has 0 amide bonds. The van der Waals surface area contributed by atoms with Crippen LogP contribution in [-0.2, 0) is 4.79 Å². The molecule has 7 aliphatic rings. The van der Waals surface area contributed by atoms with Gasteiger partial charge in [-0.3, -0.25) is 9.10 Å². The van der Waals surface area contributed by atoms with Crippen molar-refractivity contribution in [3.63, 3.8) is 0 Å². The van der Waals surface area contributed by atoms with Crippen molar-refractivity contribution in [3.05, 3.63) is 23.3 Å². The summed E-state index contributed by atoms with van der Waals surface area (Å²) in [6, 6.07) is 0. The lowest BCUT2D eigenvalue weighted by Gasteiger charge is -2.71. The number of carbonyl (C=O) groups is 1. The van der Waals surface area contributed by atoms with Crippen LogP contribution in [0.1, 0.15) is 130 Å². The number of hydrogen-bond donors (Lipinski definition) is 3. The second kappa shape index (κ2) is 12.2. The number of fused-ring (bicyclic) bond motifs is 7. The number of rotatable bonds is 7. The molecule has 0 aromatic heterocycles. The van der Waals surface area contributed by atoms with Gasteiger partial charge in [-0.05, 0) is 166 Å². The summed E-state index contributed by atoms with van der Waals surface area (Å²) in [7, 11) is 0. The van der Waals surface area contributed by atoms with E-state index in [9.17, 15) is 15.0 Å². The Bertz CT molecular complexity index is 1240. The van der Waals surface area contributed by atoms with E-state index >= 15 is 0 Å². The number of hydrogen-bond acceptors (Lipinski definition) is 5. The summed E-state index contributed by atoms with van der Waals surface area (Å²) in [6.07, 6.45) is 25.7. The summed E-state index contributed by atoms with van der Waals surface area (Å²) < 4.78 is 2.40. The van der Waals surface area contributed by atoms with E-state index in [0.29, 0.717) is 28.6 Å². The Kier molecular flexibility index (Phi) is 8.93. The molecular formula is C40H64N2O3S. The number of aliphatic carboxylic acids is 1. The van der Waals surface area contributed by atoms with Crippen LogP contribution in [-0.4, -0.2) is 57.5 Å². The van der Waals surface area contributed by atoms with Gasteiger partial charge in [0.1, 0.15) is 0 Å². The fourth-order valence-electron chi connectivity index (χ4n) is 13.7. The summed E-state index contributed by atoms with van der Waals surface area (Å²) >= 11 is 1.82. The predicted molar refractivity (Wildman–Crippen MR) is 189 cm³/mol. The van der Waals surface area contributed by atoms with Gasteiger partial charge in [0.05, 0.1) is 11.5 Å². The minimum atomic E-state index is -0.626. The standard InChI is InChI=1S/C40H64N2O3S/c1-27-30(28-8-10-29(11-9-28)35(43)44)14-17-36(2)31(27)15-18-38(4)34(36)13-12-32-33-7-6-16-40(33,20-19-37(32,38)3)41-24-21-39(45)22-25-42(46-5)26-23-39/h8,14,27,29,31-34,41,45H,6-7,9-13,15-26H2,1-5H3,(H,43,44)/t27?,29?,31?,32?,33?,34?,36?,37-,38?,40?/m1/s1. The highest BCUT2D eigenvalue weighted by molar-refractivity contribution is 7.96. The smallest absolute Gasteiger partial charge is 0.306 e. The first-order valence-corrected chi connectivity index (χ1v) is 20.4. The second-order valence-corrected chi connectivity index (χ2v) is 19.0. The zero-order chi connectivity index (χ0) is 32.5. The number of piperidine rings is 1. The second-order valence-electron chi connectivity index (χ2n) is 18.1. The third-order valence-corrected chi connectivity index (χ3v) is 17.5. The van der Waals surface area contributed by atoms with Gasteiger partial charge < -0.3 is 15.5 Å². The molecule has 0 aromatic carbocycles. The Morgan fingerprint density at radius 2 is 1.72 bits per heavy atom. The Morgan fingerprint density at radius 3 is 2.41 bits per heavy atom. The van der Waals surface area contributed by atoms with Crippen molar-refractivity contribution in [1.82, 2.24) is 9.62 Å². The van der Waals surface area contributed by atoms with Gasteiger partial charge in [-0.2, -0.15) is 0 Å². The van der Waals surface area contributed by atoms with Gasteiger partial charge in [-0.15, -0.1) is 0 Å². The number of nitrogens with one attached hydrogen (secondary N) is 1. The maximum atomic E-state index is 11.6. The molecule has 6 heteroatoms. The van der Waals surface area contributed by atoms with E-state index in [1.54, 1.807) is 5.57 Å². The average molecular weight is 653 g/mol. The van der Waals surface area contributed by atoms with Crippen LogP contribution < -0.4 is 5.32 Å². The van der Waals surface area contributed by atoms with Gasteiger partial charge in [-0.25, -0.2) is 0 Å². The molecule has 1 aliphatic heterocycles. The van der Waals surface area contributed by atoms with Crippen LogP contribution in [0.5, 0.6) is 0 Å². The largest absolute Gasteiger partial charge is 0.481 e. The van der Waals surface area contributed by atoms with Crippen molar-refractivity contribution in [1.29, 1.82) is 0 Å². The lowest BCUT2D eigenvalue weighted by molar-refractivity contribution is -0.212. The first kappa shape index (κ1) is 33.7.